The van der Waals surface area contributed by atoms with E-state index < -0.39 is 0 Å². The predicted octanol–water partition coefficient (Wildman–Crippen LogP) is 2.04. The van der Waals surface area contributed by atoms with Crippen molar-refractivity contribution in [1.82, 2.24) is 5.32 Å². The fraction of sp³-hybridized carbons (Fsp3) is 0.400. The number of aryl methyl sites for hydroxylation is 1. The van der Waals surface area contributed by atoms with E-state index >= 15 is 0 Å². The Hall–Kier alpha value is -1.22. The van der Waals surface area contributed by atoms with Crippen molar-refractivity contribution in [2.75, 3.05) is 6.54 Å². The summed E-state index contributed by atoms with van der Waals surface area (Å²) in [7, 11) is 0. The lowest BCUT2D eigenvalue weighted by Gasteiger charge is -2.18. The minimum atomic E-state index is 0.652. The van der Waals surface area contributed by atoms with Gasteiger partial charge in [0.25, 0.3) is 0 Å². The third-order valence-corrected chi connectivity index (χ3v) is 2.54. The summed E-state index contributed by atoms with van der Waals surface area (Å²) in [4.78, 5) is 10.6. The predicted molar refractivity (Wildman–Crippen MR) is 52.0 cm³/mol. The highest BCUT2D eigenvalue weighted by Crippen LogP contribution is 2.28. The summed E-state index contributed by atoms with van der Waals surface area (Å²) in [6.07, 6.45) is 0.915. The smallest absolute Gasteiger partial charge is 0.114 e. The van der Waals surface area contributed by atoms with Gasteiger partial charge in [0.1, 0.15) is 5.69 Å². The minimum absolute atomic E-state index is 0.652. The first-order chi connectivity index (χ1) is 6.33. The van der Waals surface area contributed by atoms with E-state index in [0.29, 0.717) is 5.69 Å². The van der Waals surface area contributed by atoms with E-state index in [4.69, 9.17) is 0 Å². The molecule has 0 unspecified atom stereocenters. The van der Waals surface area contributed by atoms with Crippen LogP contribution in [0.15, 0.2) is 17.3 Å². The van der Waals surface area contributed by atoms with E-state index in [9.17, 15) is 4.91 Å². The van der Waals surface area contributed by atoms with Crippen molar-refractivity contribution in [2.24, 2.45) is 5.18 Å². The Morgan fingerprint density at radius 2 is 2.31 bits per heavy atom. The van der Waals surface area contributed by atoms with Crippen LogP contribution in [-0.2, 0) is 13.0 Å². The lowest BCUT2D eigenvalue weighted by atomic mass is 9.96. The summed E-state index contributed by atoms with van der Waals surface area (Å²) in [6.45, 7) is 3.73. The monoisotopic (exact) mass is 176 g/mol. The molecule has 3 nitrogen and oxygen atoms in total. The summed E-state index contributed by atoms with van der Waals surface area (Å²) in [5.41, 5.74) is 3.98. The van der Waals surface area contributed by atoms with Crippen molar-refractivity contribution >= 4 is 5.69 Å². The van der Waals surface area contributed by atoms with Crippen LogP contribution in [0.25, 0.3) is 0 Å². The fourth-order valence-electron chi connectivity index (χ4n) is 1.80. The first kappa shape index (κ1) is 8.38. The third kappa shape index (κ3) is 1.35. The van der Waals surface area contributed by atoms with Crippen LogP contribution in [0, 0.1) is 11.8 Å². The topological polar surface area (TPSA) is 41.5 Å². The number of benzene rings is 1. The summed E-state index contributed by atoms with van der Waals surface area (Å²) in [5, 5.41) is 6.37. The molecule has 1 N–H and O–H groups in total. The normalized spacial score (nSPS) is 15.2. The maximum Gasteiger partial charge on any atom is 0.114 e. The molecule has 0 saturated carbocycles. The molecule has 0 bridgehead atoms. The van der Waals surface area contributed by atoms with Crippen molar-refractivity contribution in [3.8, 4) is 0 Å². The quantitative estimate of drug-likeness (QED) is 0.665. The molecule has 68 valence electrons. The number of nitroso groups, excluding NO2 is 1. The molecular formula is C10H12N2O. The van der Waals surface area contributed by atoms with Gasteiger partial charge in [0.05, 0.1) is 0 Å². The van der Waals surface area contributed by atoms with E-state index in [-0.39, 0.29) is 0 Å². The second-order valence-electron chi connectivity index (χ2n) is 3.39. The first-order valence-electron chi connectivity index (χ1n) is 4.48. The SMILES string of the molecule is Cc1ccc2c(c1N=O)CCNC2. The molecule has 2 rings (SSSR count). The molecule has 0 atom stereocenters. The van der Waals surface area contributed by atoms with Gasteiger partial charge in [0, 0.05) is 6.54 Å². The second-order valence-corrected chi connectivity index (χ2v) is 3.39. The average Bonchev–Trinajstić information content (AvgIpc) is 2.18. The molecule has 0 aliphatic carbocycles. The Bertz CT molecular complexity index is 347. The number of fused-ring (bicyclic) bond motifs is 1. The third-order valence-electron chi connectivity index (χ3n) is 2.54. The van der Waals surface area contributed by atoms with Crippen LogP contribution in [0.5, 0.6) is 0 Å². The maximum absolute atomic E-state index is 10.6. The van der Waals surface area contributed by atoms with Gasteiger partial charge in [0.15, 0.2) is 0 Å². The first-order valence-corrected chi connectivity index (χ1v) is 4.48. The summed E-state index contributed by atoms with van der Waals surface area (Å²) in [6, 6.07) is 4.04. The molecule has 0 aromatic heterocycles. The molecular weight excluding hydrogens is 164 g/mol. The molecule has 0 radical (unpaired) electrons. The van der Waals surface area contributed by atoms with Crippen molar-refractivity contribution in [3.63, 3.8) is 0 Å². The zero-order valence-electron chi connectivity index (χ0n) is 7.63. The molecule has 1 aromatic rings. The Morgan fingerprint density at radius 3 is 3.08 bits per heavy atom. The van der Waals surface area contributed by atoms with Crippen molar-refractivity contribution < 1.29 is 0 Å². The summed E-state index contributed by atoms with van der Waals surface area (Å²) < 4.78 is 0. The van der Waals surface area contributed by atoms with Crippen LogP contribution in [-0.4, -0.2) is 6.54 Å². The van der Waals surface area contributed by atoms with Gasteiger partial charge < -0.3 is 5.32 Å². The molecule has 13 heavy (non-hydrogen) atoms. The maximum atomic E-state index is 10.6. The van der Waals surface area contributed by atoms with Crippen LogP contribution < -0.4 is 5.32 Å². The molecule has 1 heterocycles. The van der Waals surface area contributed by atoms with E-state index in [1.807, 2.05) is 13.0 Å². The van der Waals surface area contributed by atoms with Crippen LogP contribution >= 0.6 is 0 Å². The molecule has 1 aliphatic heterocycles. The largest absolute Gasteiger partial charge is 0.312 e. The van der Waals surface area contributed by atoms with Gasteiger partial charge in [-0.05, 0) is 41.8 Å². The Balaban J connectivity index is 2.58. The zero-order valence-corrected chi connectivity index (χ0v) is 7.63. The van der Waals surface area contributed by atoms with Crippen molar-refractivity contribution in [3.05, 3.63) is 33.7 Å². The number of hydrogen-bond acceptors (Lipinski definition) is 3. The Labute approximate surface area is 77.1 Å². The van der Waals surface area contributed by atoms with Gasteiger partial charge >= 0.3 is 0 Å². The Kier molecular flexibility index (Phi) is 2.10. The van der Waals surface area contributed by atoms with Gasteiger partial charge in [-0.2, -0.15) is 0 Å². The van der Waals surface area contributed by atoms with Crippen LogP contribution in [0.4, 0.5) is 5.69 Å². The van der Waals surface area contributed by atoms with Crippen LogP contribution in [0.3, 0.4) is 0 Å². The molecule has 1 aliphatic rings. The van der Waals surface area contributed by atoms with Crippen LogP contribution in [0.2, 0.25) is 0 Å². The molecule has 0 fully saturated rings. The molecule has 0 spiro atoms. The lowest BCUT2D eigenvalue weighted by Crippen LogP contribution is -2.23. The fourth-order valence-corrected chi connectivity index (χ4v) is 1.80. The van der Waals surface area contributed by atoms with Crippen molar-refractivity contribution in [2.45, 2.75) is 19.9 Å². The van der Waals surface area contributed by atoms with E-state index in [1.165, 1.54) is 5.56 Å². The number of hydrogen-bond donors (Lipinski definition) is 1. The lowest BCUT2D eigenvalue weighted by molar-refractivity contribution is 0.644. The highest BCUT2D eigenvalue weighted by molar-refractivity contribution is 5.56. The number of nitrogens with one attached hydrogen (secondary N) is 1. The van der Waals surface area contributed by atoms with Gasteiger partial charge in [-0.1, -0.05) is 12.1 Å². The minimum Gasteiger partial charge on any atom is -0.312 e. The molecule has 0 saturated heterocycles. The van der Waals surface area contributed by atoms with Gasteiger partial charge in [-0.3, -0.25) is 0 Å². The Morgan fingerprint density at radius 1 is 1.46 bits per heavy atom. The van der Waals surface area contributed by atoms with Crippen molar-refractivity contribution in [1.29, 1.82) is 0 Å². The van der Waals surface area contributed by atoms with Gasteiger partial charge in [-0.15, -0.1) is 4.91 Å². The number of nitrogens with zero attached hydrogens (tertiary/aromatic N) is 1. The summed E-state index contributed by atoms with van der Waals surface area (Å²) in [5.74, 6) is 0. The van der Waals surface area contributed by atoms with E-state index in [2.05, 4.69) is 16.6 Å². The zero-order chi connectivity index (χ0) is 9.26. The average molecular weight is 176 g/mol. The molecule has 0 amide bonds. The van der Waals surface area contributed by atoms with E-state index in [1.54, 1.807) is 0 Å². The molecule has 1 aromatic carbocycles. The second kappa shape index (κ2) is 3.26. The number of rotatable bonds is 1. The van der Waals surface area contributed by atoms with Crippen LogP contribution in [0.1, 0.15) is 16.7 Å². The molecule has 3 heteroatoms. The van der Waals surface area contributed by atoms with E-state index in [0.717, 1.165) is 30.6 Å². The standard InChI is InChI=1S/C10H12N2O/c1-7-2-3-8-6-11-5-4-9(8)10(7)12-13/h2-3,11H,4-6H2,1H3. The summed E-state index contributed by atoms with van der Waals surface area (Å²) >= 11 is 0. The van der Waals surface area contributed by atoms with Gasteiger partial charge in [0.2, 0.25) is 0 Å². The van der Waals surface area contributed by atoms with Gasteiger partial charge in [-0.25, -0.2) is 0 Å². The highest BCUT2D eigenvalue weighted by atomic mass is 16.3. The highest BCUT2D eigenvalue weighted by Gasteiger charge is 2.14.